The molecule has 18 heavy (non-hydrogen) atoms. The van der Waals surface area contributed by atoms with Crippen LogP contribution in [0.3, 0.4) is 0 Å². The molecule has 102 valence electrons. The van der Waals surface area contributed by atoms with Gasteiger partial charge in [-0.05, 0) is 55.2 Å². The topological polar surface area (TPSA) is 24.5 Å². The largest absolute Gasteiger partial charge is 0.377 e. The van der Waals surface area contributed by atoms with Crippen LogP contribution in [0, 0.1) is 0 Å². The lowest BCUT2D eigenvalue weighted by Gasteiger charge is -2.20. The fraction of sp³-hybridized carbons (Fsp3) is 0.714. The fourth-order valence-electron chi connectivity index (χ4n) is 2.29. The van der Waals surface area contributed by atoms with Gasteiger partial charge < -0.3 is 15.0 Å². The van der Waals surface area contributed by atoms with Crippen molar-refractivity contribution in [2.75, 3.05) is 39.8 Å². The van der Waals surface area contributed by atoms with Crippen molar-refractivity contribution < 1.29 is 4.74 Å². The minimum atomic E-state index is 0.473. The van der Waals surface area contributed by atoms with Crippen molar-refractivity contribution in [3.8, 4) is 0 Å². The summed E-state index contributed by atoms with van der Waals surface area (Å²) in [6.45, 7) is 5.27. The van der Waals surface area contributed by atoms with Gasteiger partial charge in [-0.3, -0.25) is 0 Å². The molecular weight excluding hydrogens is 244 g/mol. The van der Waals surface area contributed by atoms with E-state index in [1.807, 2.05) is 0 Å². The van der Waals surface area contributed by atoms with Gasteiger partial charge in [0.05, 0.1) is 6.10 Å². The highest BCUT2D eigenvalue weighted by Crippen LogP contribution is 2.12. The van der Waals surface area contributed by atoms with Crippen molar-refractivity contribution in [3.63, 3.8) is 0 Å². The minimum absolute atomic E-state index is 0.473. The Labute approximate surface area is 114 Å². The molecule has 1 aromatic rings. The van der Waals surface area contributed by atoms with Crippen molar-refractivity contribution in [2.24, 2.45) is 0 Å². The van der Waals surface area contributed by atoms with Gasteiger partial charge in [0.15, 0.2) is 0 Å². The summed E-state index contributed by atoms with van der Waals surface area (Å²) in [5.41, 5.74) is 1.44. The Hall–Kier alpha value is -0.420. The van der Waals surface area contributed by atoms with Gasteiger partial charge in [-0.25, -0.2) is 0 Å². The maximum absolute atomic E-state index is 5.64. The number of hydrogen-bond acceptors (Lipinski definition) is 4. The molecule has 4 heteroatoms. The van der Waals surface area contributed by atoms with Crippen molar-refractivity contribution in [1.82, 2.24) is 10.2 Å². The van der Waals surface area contributed by atoms with Crippen LogP contribution in [-0.4, -0.2) is 50.8 Å². The lowest BCUT2D eigenvalue weighted by molar-refractivity contribution is 0.0815. The smallest absolute Gasteiger partial charge is 0.0702 e. The first-order chi connectivity index (χ1) is 8.84. The Kier molecular flexibility index (Phi) is 6.14. The van der Waals surface area contributed by atoms with Gasteiger partial charge in [0.25, 0.3) is 0 Å². The van der Waals surface area contributed by atoms with Gasteiger partial charge in [0.2, 0.25) is 0 Å². The molecule has 1 atom stereocenters. The Morgan fingerprint density at radius 2 is 2.44 bits per heavy atom. The highest BCUT2D eigenvalue weighted by atomic mass is 32.1. The molecule has 0 radical (unpaired) electrons. The zero-order valence-corrected chi connectivity index (χ0v) is 12.0. The normalized spacial score (nSPS) is 19.8. The second-order valence-electron chi connectivity index (χ2n) is 5.03. The average molecular weight is 268 g/mol. The van der Waals surface area contributed by atoms with E-state index in [1.165, 1.54) is 18.4 Å². The van der Waals surface area contributed by atoms with Crippen molar-refractivity contribution in [1.29, 1.82) is 0 Å². The number of rotatable bonds is 8. The number of nitrogens with one attached hydrogen (secondary N) is 1. The Balaban J connectivity index is 1.47. The summed E-state index contributed by atoms with van der Waals surface area (Å²) in [5.74, 6) is 0. The van der Waals surface area contributed by atoms with E-state index in [0.29, 0.717) is 6.10 Å². The average Bonchev–Trinajstić information content (AvgIpc) is 3.01. The molecule has 1 aliphatic rings. The molecular formula is C14H24N2OS. The first kappa shape index (κ1) is 14.0. The van der Waals surface area contributed by atoms with E-state index < -0.39 is 0 Å². The van der Waals surface area contributed by atoms with Gasteiger partial charge >= 0.3 is 0 Å². The number of thiophene rings is 1. The number of ether oxygens (including phenoxy) is 1. The summed E-state index contributed by atoms with van der Waals surface area (Å²) in [6.07, 6.45) is 4.08. The van der Waals surface area contributed by atoms with Crippen LogP contribution >= 0.6 is 11.3 Å². The standard InChI is InChI=1S/C14H24N2OS/c1-16(11-14-3-2-9-17-14)8-7-15-6-4-13-5-10-18-12-13/h5,10,12,14-15H,2-4,6-9,11H2,1H3. The Morgan fingerprint density at radius 3 is 3.17 bits per heavy atom. The first-order valence-corrected chi connectivity index (χ1v) is 7.81. The molecule has 1 aliphatic heterocycles. The summed E-state index contributed by atoms with van der Waals surface area (Å²) in [7, 11) is 2.18. The molecule has 0 aromatic carbocycles. The monoisotopic (exact) mass is 268 g/mol. The second kappa shape index (κ2) is 7.89. The van der Waals surface area contributed by atoms with E-state index in [-0.39, 0.29) is 0 Å². The third-order valence-electron chi connectivity index (χ3n) is 3.38. The molecule has 1 N–H and O–H groups in total. The molecule has 0 aliphatic carbocycles. The molecule has 3 nitrogen and oxygen atoms in total. The lowest BCUT2D eigenvalue weighted by atomic mass is 10.2. The maximum atomic E-state index is 5.64. The van der Waals surface area contributed by atoms with Crippen molar-refractivity contribution in [3.05, 3.63) is 22.4 Å². The van der Waals surface area contributed by atoms with Crippen LogP contribution in [0.15, 0.2) is 16.8 Å². The maximum Gasteiger partial charge on any atom is 0.0702 e. The highest BCUT2D eigenvalue weighted by molar-refractivity contribution is 7.07. The van der Waals surface area contributed by atoms with E-state index in [1.54, 1.807) is 11.3 Å². The fourth-order valence-corrected chi connectivity index (χ4v) is 2.99. The molecule has 2 rings (SSSR count). The highest BCUT2D eigenvalue weighted by Gasteiger charge is 2.16. The third-order valence-corrected chi connectivity index (χ3v) is 4.11. The van der Waals surface area contributed by atoms with Crippen LogP contribution in [-0.2, 0) is 11.2 Å². The summed E-state index contributed by atoms with van der Waals surface area (Å²) in [6, 6.07) is 2.20. The third kappa shape index (κ3) is 5.06. The molecule has 0 spiro atoms. The SMILES string of the molecule is CN(CCNCCc1ccsc1)CC1CCCO1. The minimum Gasteiger partial charge on any atom is -0.377 e. The van der Waals surface area contributed by atoms with E-state index >= 15 is 0 Å². The van der Waals surface area contributed by atoms with E-state index in [2.05, 4.69) is 34.1 Å². The summed E-state index contributed by atoms with van der Waals surface area (Å²) < 4.78 is 5.64. The molecule has 0 bridgehead atoms. The van der Waals surface area contributed by atoms with Crippen LogP contribution in [0.4, 0.5) is 0 Å². The summed E-state index contributed by atoms with van der Waals surface area (Å²) >= 11 is 1.78. The molecule has 1 unspecified atom stereocenters. The molecule has 1 fully saturated rings. The van der Waals surface area contributed by atoms with E-state index in [0.717, 1.165) is 39.2 Å². The lowest BCUT2D eigenvalue weighted by Crippen LogP contribution is -2.35. The molecule has 0 amide bonds. The zero-order valence-electron chi connectivity index (χ0n) is 11.2. The predicted octanol–water partition coefficient (Wildman–Crippen LogP) is 1.99. The Bertz CT molecular complexity index is 310. The molecule has 2 heterocycles. The van der Waals surface area contributed by atoms with E-state index in [4.69, 9.17) is 4.74 Å². The molecule has 1 saturated heterocycles. The van der Waals surface area contributed by atoms with Gasteiger partial charge in [0.1, 0.15) is 0 Å². The van der Waals surface area contributed by atoms with Crippen LogP contribution in [0.5, 0.6) is 0 Å². The van der Waals surface area contributed by atoms with Gasteiger partial charge in [0, 0.05) is 26.2 Å². The summed E-state index contributed by atoms with van der Waals surface area (Å²) in [5, 5.41) is 7.87. The van der Waals surface area contributed by atoms with Crippen molar-refractivity contribution >= 4 is 11.3 Å². The summed E-state index contributed by atoms with van der Waals surface area (Å²) in [4.78, 5) is 2.37. The predicted molar refractivity (Wildman–Crippen MR) is 77.4 cm³/mol. The van der Waals surface area contributed by atoms with Crippen LogP contribution in [0.1, 0.15) is 18.4 Å². The first-order valence-electron chi connectivity index (χ1n) is 6.86. The van der Waals surface area contributed by atoms with Crippen LogP contribution < -0.4 is 5.32 Å². The number of likely N-dealkylation sites (N-methyl/N-ethyl adjacent to an activating group) is 1. The van der Waals surface area contributed by atoms with Crippen LogP contribution in [0.2, 0.25) is 0 Å². The van der Waals surface area contributed by atoms with Crippen molar-refractivity contribution in [2.45, 2.75) is 25.4 Å². The Morgan fingerprint density at radius 1 is 1.50 bits per heavy atom. The van der Waals surface area contributed by atoms with Gasteiger partial charge in [-0.1, -0.05) is 0 Å². The zero-order chi connectivity index (χ0) is 12.6. The van der Waals surface area contributed by atoms with Gasteiger partial charge in [-0.2, -0.15) is 11.3 Å². The number of hydrogen-bond donors (Lipinski definition) is 1. The van der Waals surface area contributed by atoms with Crippen LogP contribution in [0.25, 0.3) is 0 Å². The molecule has 1 aromatic heterocycles. The van der Waals surface area contributed by atoms with Gasteiger partial charge in [-0.15, -0.1) is 0 Å². The second-order valence-corrected chi connectivity index (χ2v) is 5.81. The number of nitrogens with zero attached hydrogens (tertiary/aromatic N) is 1. The quantitative estimate of drug-likeness (QED) is 0.730. The van der Waals surface area contributed by atoms with E-state index in [9.17, 15) is 0 Å². The molecule has 0 saturated carbocycles.